The van der Waals surface area contributed by atoms with Crippen molar-refractivity contribution in [2.75, 3.05) is 16.6 Å². The molecule has 2 aromatic carbocycles. The highest BCUT2D eigenvalue weighted by Gasteiger charge is 2.26. The molecule has 0 spiro atoms. The van der Waals surface area contributed by atoms with Crippen molar-refractivity contribution in [1.29, 1.82) is 0 Å². The molecule has 1 aliphatic rings. The Morgan fingerprint density at radius 2 is 1.71 bits per heavy atom. The van der Waals surface area contributed by atoms with Crippen LogP contribution in [-0.4, -0.2) is 26.6 Å². The second-order valence-electron chi connectivity index (χ2n) is 7.71. The molecule has 150 valence electrons. The minimum absolute atomic E-state index is 0.0594. The largest absolute Gasteiger partial charge is 0.345 e. The van der Waals surface area contributed by atoms with E-state index in [9.17, 15) is 13.2 Å². The van der Waals surface area contributed by atoms with Gasteiger partial charge in [-0.05, 0) is 55.0 Å². The van der Waals surface area contributed by atoms with Crippen LogP contribution in [-0.2, 0) is 10.0 Å². The van der Waals surface area contributed by atoms with E-state index in [1.165, 1.54) is 4.31 Å². The normalized spacial score (nSPS) is 17.3. The molecule has 0 bridgehead atoms. The van der Waals surface area contributed by atoms with Gasteiger partial charge in [0.2, 0.25) is 10.0 Å². The Bertz CT molecular complexity index is 893. The monoisotopic (exact) mass is 400 g/mol. The summed E-state index contributed by atoms with van der Waals surface area (Å²) in [6.45, 7) is 4.77. The van der Waals surface area contributed by atoms with Gasteiger partial charge in [-0.15, -0.1) is 0 Å². The van der Waals surface area contributed by atoms with Crippen molar-refractivity contribution in [3.63, 3.8) is 0 Å². The van der Waals surface area contributed by atoms with Crippen molar-refractivity contribution in [3.8, 4) is 0 Å². The van der Waals surface area contributed by atoms with Crippen molar-refractivity contribution in [3.05, 3.63) is 65.7 Å². The first kappa shape index (κ1) is 20.4. The third-order valence-electron chi connectivity index (χ3n) is 4.98. The van der Waals surface area contributed by atoms with Crippen LogP contribution in [0, 0.1) is 5.92 Å². The summed E-state index contributed by atoms with van der Waals surface area (Å²) in [4.78, 5) is 12.8. The number of nitrogens with zero attached hydrogens (tertiary/aromatic N) is 1. The Morgan fingerprint density at radius 3 is 2.32 bits per heavy atom. The number of carbonyl (C=O) groups excluding carboxylic acids is 1. The average molecular weight is 401 g/mol. The second-order valence-corrected chi connectivity index (χ2v) is 9.72. The number of nitrogens with one attached hydrogen (secondary N) is 1. The molecule has 0 unspecified atom stereocenters. The van der Waals surface area contributed by atoms with Gasteiger partial charge in [-0.3, -0.25) is 9.10 Å². The van der Waals surface area contributed by atoms with Gasteiger partial charge in [0.15, 0.2) is 0 Å². The lowest BCUT2D eigenvalue weighted by atomic mass is 9.96. The maximum Gasteiger partial charge on any atom is 0.251 e. The molecule has 1 atom stereocenters. The molecule has 2 aromatic rings. The van der Waals surface area contributed by atoms with E-state index in [0.29, 0.717) is 30.1 Å². The van der Waals surface area contributed by atoms with E-state index < -0.39 is 10.0 Å². The summed E-state index contributed by atoms with van der Waals surface area (Å²) in [6.07, 6.45) is 2.41. The molecule has 1 aliphatic heterocycles. The molecule has 3 rings (SSSR count). The molecule has 28 heavy (non-hydrogen) atoms. The summed E-state index contributed by atoms with van der Waals surface area (Å²) in [5, 5.41) is 3.13. The van der Waals surface area contributed by atoms with Gasteiger partial charge in [0.1, 0.15) is 0 Å². The summed E-state index contributed by atoms with van der Waals surface area (Å²) in [6, 6.07) is 16.7. The fourth-order valence-corrected chi connectivity index (χ4v) is 5.17. The summed E-state index contributed by atoms with van der Waals surface area (Å²) >= 11 is 0. The molecule has 1 heterocycles. The Morgan fingerprint density at radius 1 is 1.04 bits per heavy atom. The van der Waals surface area contributed by atoms with E-state index in [1.807, 2.05) is 30.3 Å². The van der Waals surface area contributed by atoms with Crippen LogP contribution in [0.5, 0.6) is 0 Å². The molecule has 0 aliphatic carbocycles. The first-order valence-corrected chi connectivity index (χ1v) is 11.4. The Labute approximate surface area is 167 Å². The molecule has 1 amide bonds. The number of amides is 1. The lowest BCUT2D eigenvalue weighted by molar-refractivity contribution is 0.0932. The van der Waals surface area contributed by atoms with E-state index in [0.717, 1.165) is 18.4 Å². The van der Waals surface area contributed by atoms with Crippen LogP contribution < -0.4 is 9.62 Å². The number of benzene rings is 2. The highest BCUT2D eigenvalue weighted by molar-refractivity contribution is 7.92. The SMILES string of the molecule is CC(C)C[C@H](NC(=O)c1ccc(N2CCCCS2(=O)=O)cc1)c1ccccc1. The number of hydrogen-bond donors (Lipinski definition) is 1. The zero-order valence-electron chi connectivity index (χ0n) is 16.5. The number of hydrogen-bond acceptors (Lipinski definition) is 3. The topological polar surface area (TPSA) is 66.5 Å². The van der Waals surface area contributed by atoms with Crippen LogP contribution in [0.3, 0.4) is 0 Å². The Hall–Kier alpha value is -2.34. The minimum Gasteiger partial charge on any atom is -0.345 e. The van der Waals surface area contributed by atoms with Crippen molar-refractivity contribution < 1.29 is 13.2 Å². The number of anilines is 1. The predicted molar refractivity (Wildman–Crippen MR) is 113 cm³/mol. The van der Waals surface area contributed by atoms with Gasteiger partial charge < -0.3 is 5.32 Å². The molecule has 1 N–H and O–H groups in total. The third-order valence-corrected chi connectivity index (χ3v) is 6.85. The number of carbonyl (C=O) groups is 1. The van der Waals surface area contributed by atoms with Gasteiger partial charge in [-0.1, -0.05) is 44.2 Å². The molecular weight excluding hydrogens is 372 g/mol. The van der Waals surface area contributed by atoms with Crippen molar-refractivity contribution in [1.82, 2.24) is 5.32 Å². The molecule has 0 saturated carbocycles. The van der Waals surface area contributed by atoms with Crippen LogP contribution in [0.1, 0.15) is 55.1 Å². The van der Waals surface area contributed by atoms with Gasteiger partial charge in [0, 0.05) is 12.1 Å². The quantitative estimate of drug-likeness (QED) is 0.793. The van der Waals surface area contributed by atoms with Gasteiger partial charge in [0.05, 0.1) is 17.5 Å². The van der Waals surface area contributed by atoms with Crippen molar-refractivity contribution in [2.45, 2.75) is 39.2 Å². The average Bonchev–Trinajstić information content (AvgIpc) is 2.67. The van der Waals surface area contributed by atoms with Gasteiger partial charge in [-0.2, -0.15) is 0 Å². The lowest BCUT2D eigenvalue weighted by Crippen LogP contribution is -2.37. The molecule has 6 heteroatoms. The van der Waals surface area contributed by atoms with Crippen molar-refractivity contribution in [2.24, 2.45) is 5.92 Å². The highest BCUT2D eigenvalue weighted by Crippen LogP contribution is 2.25. The van der Waals surface area contributed by atoms with Crippen LogP contribution in [0.25, 0.3) is 0 Å². The fourth-order valence-electron chi connectivity index (χ4n) is 3.53. The first-order valence-electron chi connectivity index (χ1n) is 9.83. The van der Waals surface area contributed by atoms with Crippen LogP contribution in [0.2, 0.25) is 0 Å². The highest BCUT2D eigenvalue weighted by atomic mass is 32.2. The predicted octanol–water partition coefficient (Wildman–Crippen LogP) is 4.13. The lowest BCUT2D eigenvalue weighted by Gasteiger charge is -2.28. The Kier molecular flexibility index (Phi) is 6.39. The zero-order chi connectivity index (χ0) is 20.1. The Balaban J connectivity index is 1.74. The van der Waals surface area contributed by atoms with E-state index >= 15 is 0 Å². The van der Waals surface area contributed by atoms with Crippen LogP contribution >= 0.6 is 0 Å². The zero-order valence-corrected chi connectivity index (χ0v) is 17.3. The van der Waals surface area contributed by atoms with Crippen molar-refractivity contribution >= 4 is 21.6 Å². The van der Waals surface area contributed by atoms with E-state index in [1.54, 1.807) is 24.3 Å². The summed E-state index contributed by atoms with van der Waals surface area (Å²) < 4.78 is 26.0. The van der Waals surface area contributed by atoms with Gasteiger partial charge in [-0.25, -0.2) is 8.42 Å². The maximum absolute atomic E-state index is 12.8. The fraction of sp³-hybridized carbons (Fsp3) is 0.409. The van der Waals surface area contributed by atoms with Gasteiger partial charge >= 0.3 is 0 Å². The molecular formula is C22H28N2O3S. The van der Waals surface area contributed by atoms with Crippen LogP contribution in [0.4, 0.5) is 5.69 Å². The summed E-state index contributed by atoms with van der Waals surface area (Å²) in [5.41, 5.74) is 2.24. The standard InChI is InChI=1S/C22H28N2O3S/c1-17(2)16-21(18-8-4-3-5-9-18)23-22(25)19-10-12-20(13-11-19)24-14-6-7-15-28(24,26)27/h3-5,8-13,17,21H,6-7,14-16H2,1-2H3,(H,23,25)/t21-/m0/s1. The molecule has 0 aromatic heterocycles. The van der Waals surface area contributed by atoms with E-state index in [4.69, 9.17) is 0 Å². The van der Waals surface area contributed by atoms with Gasteiger partial charge in [0.25, 0.3) is 5.91 Å². The molecule has 1 saturated heterocycles. The second kappa shape index (κ2) is 8.78. The summed E-state index contributed by atoms with van der Waals surface area (Å²) in [5.74, 6) is 0.475. The maximum atomic E-state index is 12.8. The number of rotatable bonds is 6. The molecule has 0 radical (unpaired) electrons. The summed E-state index contributed by atoms with van der Waals surface area (Å²) in [7, 11) is -3.25. The molecule has 5 nitrogen and oxygen atoms in total. The van der Waals surface area contributed by atoms with E-state index in [-0.39, 0.29) is 17.7 Å². The van der Waals surface area contributed by atoms with E-state index in [2.05, 4.69) is 19.2 Å². The number of sulfonamides is 1. The van der Waals surface area contributed by atoms with Crippen LogP contribution in [0.15, 0.2) is 54.6 Å². The third kappa shape index (κ3) is 4.93. The smallest absolute Gasteiger partial charge is 0.251 e. The first-order chi connectivity index (χ1) is 13.4. The minimum atomic E-state index is -3.25. The molecule has 1 fully saturated rings.